The number of carbonyl (C=O) groups is 1. The van der Waals surface area contributed by atoms with E-state index in [1.165, 1.54) is 12.8 Å². The van der Waals surface area contributed by atoms with Gasteiger partial charge in [-0.15, -0.1) is 0 Å². The summed E-state index contributed by atoms with van der Waals surface area (Å²) in [5.41, 5.74) is 1.59. The molecule has 0 bridgehead atoms. The van der Waals surface area contributed by atoms with Crippen molar-refractivity contribution in [1.29, 1.82) is 0 Å². The number of hydrogen-bond acceptors (Lipinski definition) is 4. The van der Waals surface area contributed by atoms with Crippen LogP contribution in [-0.2, 0) is 0 Å². The second-order valence-electron chi connectivity index (χ2n) is 5.35. The summed E-state index contributed by atoms with van der Waals surface area (Å²) in [6.07, 6.45) is 4.30. The predicted molar refractivity (Wildman–Crippen MR) is 74.4 cm³/mol. The summed E-state index contributed by atoms with van der Waals surface area (Å²) in [7, 11) is 1.63. The molecule has 19 heavy (non-hydrogen) atoms. The van der Waals surface area contributed by atoms with E-state index in [0.29, 0.717) is 11.7 Å². The number of carbonyl (C=O) groups excluding carboxylic acids is 1. The van der Waals surface area contributed by atoms with Gasteiger partial charge in [-0.3, -0.25) is 9.78 Å². The zero-order valence-electron chi connectivity index (χ0n) is 11.2. The van der Waals surface area contributed by atoms with E-state index in [2.05, 4.69) is 20.5 Å². The molecule has 2 fully saturated rings. The molecule has 5 nitrogen and oxygen atoms in total. The van der Waals surface area contributed by atoms with Crippen LogP contribution in [0.2, 0.25) is 0 Å². The third-order valence-electron chi connectivity index (χ3n) is 4.17. The van der Waals surface area contributed by atoms with Crippen molar-refractivity contribution in [1.82, 2.24) is 15.6 Å². The zero-order valence-corrected chi connectivity index (χ0v) is 11.2. The second kappa shape index (κ2) is 5.17. The van der Waals surface area contributed by atoms with Crippen molar-refractivity contribution in [2.75, 3.05) is 31.6 Å². The van der Waals surface area contributed by atoms with Gasteiger partial charge in [0.15, 0.2) is 0 Å². The van der Waals surface area contributed by atoms with Crippen LogP contribution in [0.25, 0.3) is 0 Å². The fourth-order valence-electron chi connectivity index (χ4n) is 3.13. The molecule has 2 aliphatic rings. The molecule has 3 rings (SSSR count). The Balaban J connectivity index is 1.77. The Morgan fingerprint density at radius 3 is 3.21 bits per heavy atom. The van der Waals surface area contributed by atoms with E-state index >= 15 is 0 Å². The van der Waals surface area contributed by atoms with Crippen LogP contribution < -0.4 is 15.5 Å². The van der Waals surface area contributed by atoms with Crippen molar-refractivity contribution in [2.45, 2.75) is 18.9 Å². The number of aromatic nitrogens is 1. The minimum Gasteiger partial charge on any atom is -0.370 e. The standard InChI is InChI=1S/C14H20N4O/c1-15-14(19)12-7-11(4-6-17-12)18-8-10-3-2-5-16-13(10)9-18/h4,6-7,10,13,16H,2-3,5,8-9H2,1H3,(H,15,19)/t10-,13+/m0/s1. The van der Waals surface area contributed by atoms with Crippen LogP contribution in [0.15, 0.2) is 18.3 Å². The molecule has 102 valence electrons. The SMILES string of the molecule is CNC(=O)c1cc(N2C[C@@H]3CCCN[C@@H]3C2)ccn1. The molecular formula is C14H20N4O. The molecule has 2 atom stereocenters. The lowest BCUT2D eigenvalue weighted by Gasteiger charge is -2.24. The van der Waals surface area contributed by atoms with Gasteiger partial charge in [-0.1, -0.05) is 0 Å². The number of hydrogen-bond donors (Lipinski definition) is 2. The molecular weight excluding hydrogens is 240 g/mol. The summed E-state index contributed by atoms with van der Waals surface area (Å²) < 4.78 is 0. The van der Waals surface area contributed by atoms with Gasteiger partial charge in [-0.25, -0.2) is 0 Å². The largest absolute Gasteiger partial charge is 0.370 e. The fraction of sp³-hybridized carbons (Fsp3) is 0.571. The van der Waals surface area contributed by atoms with Crippen LogP contribution in [0.3, 0.4) is 0 Å². The number of amides is 1. The first-order valence-electron chi connectivity index (χ1n) is 6.94. The molecule has 2 saturated heterocycles. The molecule has 0 aromatic carbocycles. The molecule has 0 radical (unpaired) electrons. The van der Waals surface area contributed by atoms with Crippen molar-refractivity contribution in [2.24, 2.45) is 5.92 Å². The number of fused-ring (bicyclic) bond motifs is 1. The Labute approximate surface area is 113 Å². The average Bonchev–Trinajstić information content (AvgIpc) is 2.90. The highest BCUT2D eigenvalue weighted by Gasteiger charge is 2.34. The van der Waals surface area contributed by atoms with Crippen molar-refractivity contribution < 1.29 is 4.79 Å². The third-order valence-corrected chi connectivity index (χ3v) is 4.17. The van der Waals surface area contributed by atoms with Gasteiger partial charge in [-0.05, 0) is 37.4 Å². The van der Waals surface area contributed by atoms with Gasteiger partial charge in [-0.2, -0.15) is 0 Å². The maximum absolute atomic E-state index is 11.6. The summed E-state index contributed by atoms with van der Waals surface area (Å²) in [6, 6.07) is 4.48. The Morgan fingerprint density at radius 2 is 2.42 bits per heavy atom. The van der Waals surface area contributed by atoms with E-state index in [4.69, 9.17) is 0 Å². The topological polar surface area (TPSA) is 57.3 Å². The Hall–Kier alpha value is -1.62. The Kier molecular flexibility index (Phi) is 3.38. The van der Waals surface area contributed by atoms with Crippen molar-refractivity contribution in [3.05, 3.63) is 24.0 Å². The van der Waals surface area contributed by atoms with Crippen LogP contribution in [0.5, 0.6) is 0 Å². The average molecular weight is 260 g/mol. The Bertz CT molecular complexity index is 462. The minimum atomic E-state index is -0.128. The molecule has 2 aliphatic heterocycles. The lowest BCUT2D eigenvalue weighted by atomic mass is 9.94. The first-order valence-corrected chi connectivity index (χ1v) is 6.94. The molecule has 2 N–H and O–H groups in total. The quantitative estimate of drug-likeness (QED) is 0.819. The minimum absolute atomic E-state index is 0.128. The van der Waals surface area contributed by atoms with Crippen molar-refractivity contribution >= 4 is 11.6 Å². The van der Waals surface area contributed by atoms with E-state index < -0.39 is 0 Å². The fourth-order valence-corrected chi connectivity index (χ4v) is 3.13. The highest BCUT2D eigenvalue weighted by Crippen LogP contribution is 2.29. The summed E-state index contributed by atoms with van der Waals surface area (Å²) in [5.74, 6) is 0.613. The van der Waals surface area contributed by atoms with Crippen molar-refractivity contribution in [3.8, 4) is 0 Å². The number of nitrogens with one attached hydrogen (secondary N) is 2. The molecule has 0 saturated carbocycles. The van der Waals surface area contributed by atoms with Gasteiger partial charge in [0.25, 0.3) is 5.91 Å². The molecule has 0 spiro atoms. The lowest BCUT2D eigenvalue weighted by molar-refractivity contribution is 0.0958. The van der Waals surface area contributed by atoms with Gasteiger partial charge >= 0.3 is 0 Å². The van der Waals surface area contributed by atoms with Crippen LogP contribution in [0.4, 0.5) is 5.69 Å². The zero-order chi connectivity index (χ0) is 13.2. The number of pyridine rings is 1. The molecule has 3 heterocycles. The van der Waals surface area contributed by atoms with E-state index in [1.54, 1.807) is 13.2 Å². The normalized spacial score (nSPS) is 26.1. The number of rotatable bonds is 2. The van der Waals surface area contributed by atoms with E-state index in [0.717, 1.165) is 31.2 Å². The third kappa shape index (κ3) is 2.42. The maximum atomic E-state index is 11.6. The predicted octanol–water partition coefficient (Wildman–Crippen LogP) is 0.629. The van der Waals surface area contributed by atoms with E-state index in [-0.39, 0.29) is 5.91 Å². The van der Waals surface area contributed by atoms with Gasteiger partial charge in [0.2, 0.25) is 0 Å². The smallest absolute Gasteiger partial charge is 0.269 e. The molecule has 1 aromatic heterocycles. The summed E-state index contributed by atoms with van der Waals surface area (Å²) in [6.45, 7) is 3.24. The summed E-state index contributed by atoms with van der Waals surface area (Å²) >= 11 is 0. The molecule has 0 unspecified atom stereocenters. The number of piperidine rings is 1. The molecule has 1 amide bonds. The summed E-state index contributed by atoms with van der Waals surface area (Å²) in [4.78, 5) is 18.1. The lowest BCUT2D eigenvalue weighted by Crippen LogP contribution is -2.40. The van der Waals surface area contributed by atoms with Gasteiger partial charge in [0.05, 0.1) is 0 Å². The van der Waals surface area contributed by atoms with Gasteiger partial charge in [0.1, 0.15) is 5.69 Å². The first kappa shape index (κ1) is 12.4. The van der Waals surface area contributed by atoms with Gasteiger partial charge < -0.3 is 15.5 Å². The highest BCUT2D eigenvalue weighted by atomic mass is 16.1. The van der Waals surface area contributed by atoms with Crippen LogP contribution in [0, 0.1) is 5.92 Å². The maximum Gasteiger partial charge on any atom is 0.269 e. The Morgan fingerprint density at radius 1 is 1.53 bits per heavy atom. The van der Waals surface area contributed by atoms with E-state index in [1.807, 2.05) is 12.1 Å². The number of anilines is 1. The molecule has 1 aromatic rings. The molecule has 0 aliphatic carbocycles. The van der Waals surface area contributed by atoms with Crippen molar-refractivity contribution in [3.63, 3.8) is 0 Å². The summed E-state index contributed by atoms with van der Waals surface area (Å²) in [5, 5.41) is 6.21. The molecule has 5 heteroatoms. The van der Waals surface area contributed by atoms with Crippen LogP contribution in [0.1, 0.15) is 23.3 Å². The first-order chi connectivity index (χ1) is 9.28. The highest BCUT2D eigenvalue weighted by molar-refractivity contribution is 5.92. The van der Waals surface area contributed by atoms with Gasteiger partial charge in [0, 0.05) is 38.1 Å². The monoisotopic (exact) mass is 260 g/mol. The van der Waals surface area contributed by atoms with Crippen LogP contribution in [-0.4, -0.2) is 43.6 Å². The second-order valence-corrected chi connectivity index (χ2v) is 5.35. The number of nitrogens with zero attached hydrogens (tertiary/aromatic N) is 2. The van der Waals surface area contributed by atoms with E-state index in [9.17, 15) is 4.79 Å². The van der Waals surface area contributed by atoms with Crippen LogP contribution >= 0.6 is 0 Å².